The van der Waals surface area contributed by atoms with Gasteiger partial charge < -0.3 is 4.57 Å². The summed E-state index contributed by atoms with van der Waals surface area (Å²) in [7, 11) is 1.91. The number of hydrogen-bond acceptors (Lipinski definition) is 1. The Labute approximate surface area is 81.6 Å². The summed E-state index contributed by atoms with van der Waals surface area (Å²) < 4.78 is 14.8. The normalized spacial score (nSPS) is 11.0. The van der Waals surface area contributed by atoms with E-state index < -0.39 is 0 Å². The standard InChI is InChI=1S/C10H10FNS/c1-12-5-7(6-13)9-3-2-8(11)4-10(9)12/h2-5,13H,6H2,1H3. The fraction of sp³-hybridized carbons (Fsp3) is 0.200. The SMILES string of the molecule is Cn1cc(CS)c2ccc(F)cc21. The van der Waals surface area contributed by atoms with Crippen molar-refractivity contribution in [3.05, 3.63) is 35.8 Å². The molecule has 0 saturated heterocycles. The van der Waals surface area contributed by atoms with Crippen LogP contribution >= 0.6 is 12.6 Å². The Morgan fingerprint density at radius 2 is 2.23 bits per heavy atom. The lowest BCUT2D eigenvalue weighted by Crippen LogP contribution is -1.83. The molecular formula is C10H10FNS. The third-order valence-electron chi connectivity index (χ3n) is 2.21. The number of fused-ring (bicyclic) bond motifs is 1. The number of aromatic nitrogens is 1. The zero-order chi connectivity index (χ0) is 9.42. The van der Waals surface area contributed by atoms with Crippen molar-refractivity contribution >= 4 is 23.5 Å². The molecule has 1 aromatic carbocycles. The molecule has 3 heteroatoms. The van der Waals surface area contributed by atoms with Gasteiger partial charge in [-0.1, -0.05) is 0 Å². The number of aryl methyl sites for hydroxylation is 1. The molecule has 0 radical (unpaired) electrons. The van der Waals surface area contributed by atoms with Crippen LogP contribution in [0.4, 0.5) is 4.39 Å². The highest BCUT2D eigenvalue weighted by atomic mass is 32.1. The minimum absolute atomic E-state index is 0.195. The fourth-order valence-corrected chi connectivity index (χ4v) is 1.82. The van der Waals surface area contributed by atoms with Crippen LogP contribution in [0.1, 0.15) is 5.56 Å². The number of halogens is 1. The molecule has 0 saturated carbocycles. The molecule has 2 aromatic rings. The number of hydrogen-bond donors (Lipinski definition) is 1. The summed E-state index contributed by atoms with van der Waals surface area (Å²) in [4.78, 5) is 0. The van der Waals surface area contributed by atoms with Crippen LogP contribution in [0, 0.1) is 5.82 Å². The highest BCUT2D eigenvalue weighted by Gasteiger charge is 2.05. The van der Waals surface area contributed by atoms with E-state index in [4.69, 9.17) is 0 Å². The molecule has 68 valence electrons. The molecule has 0 aliphatic heterocycles. The van der Waals surface area contributed by atoms with Gasteiger partial charge in [0.15, 0.2) is 0 Å². The number of benzene rings is 1. The van der Waals surface area contributed by atoms with Gasteiger partial charge in [-0.05, 0) is 23.8 Å². The topological polar surface area (TPSA) is 4.93 Å². The first kappa shape index (κ1) is 8.63. The number of rotatable bonds is 1. The minimum atomic E-state index is -0.195. The lowest BCUT2D eigenvalue weighted by Gasteiger charge is -1.95. The summed E-state index contributed by atoms with van der Waals surface area (Å²) in [6, 6.07) is 4.83. The molecule has 0 spiro atoms. The van der Waals surface area contributed by atoms with Gasteiger partial charge in [0.05, 0.1) is 5.52 Å². The lowest BCUT2D eigenvalue weighted by atomic mass is 10.2. The third-order valence-corrected chi connectivity index (χ3v) is 2.55. The van der Waals surface area contributed by atoms with Crippen molar-refractivity contribution in [2.45, 2.75) is 5.75 Å². The van der Waals surface area contributed by atoms with E-state index in [1.54, 1.807) is 12.1 Å². The first-order valence-electron chi connectivity index (χ1n) is 4.06. The molecule has 0 amide bonds. The molecule has 0 aliphatic rings. The molecule has 13 heavy (non-hydrogen) atoms. The van der Waals surface area contributed by atoms with E-state index in [0.717, 1.165) is 16.5 Å². The smallest absolute Gasteiger partial charge is 0.125 e. The molecule has 0 unspecified atom stereocenters. The Morgan fingerprint density at radius 3 is 2.92 bits per heavy atom. The van der Waals surface area contributed by atoms with E-state index in [2.05, 4.69) is 12.6 Å². The molecular weight excluding hydrogens is 185 g/mol. The summed E-state index contributed by atoms with van der Waals surface area (Å²) in [5.74, 6) is 0.489. The van der Waals surface area contributed by atoms with Gasteiger partial charge in [-0.25, -0.2) is 4.39 Å². The Morgan fingerprint density at radius 1 is 1.46 bits per heavy atom. The van der Waals surface area contributed by atoms with Crippen LogP contribution in [0.2, 0.25) is 0 Å². The van der Waals surface area contributed by atoms with E-state index in [1.165, 1.54) is 6.07 Å². The molecule has 0 atom stereocenters. The average molecular weight is 195 g/mol. The van der Waals surface area contributed by atoms with Gasteiger partial charge in [0.1, 0.15) is 5.82 Å². The Kier molecular flexibility index (Phi) is 2.04. The molecule has 1 nitrogen and oxygen atoms in total. The van der Waals surface area contributed by atoms with Gasteiger partial charge in [0, 0.05) is 24.4 Å². The highest BCUT2D eigenvalue weighted by molar-refractivity contribution is 7.79. The second kappa shape index (κ2) is 3.07. The van der Waals surface area contributed by atoms with Gasteiger partial charge in [0.2, 0.25) is 0 Å². The van der Waals surface area contributed by atoms with Gasteiger partial charge >= 0.3 is 0 Å². The molecule has 1 aromatic heterocycles. The van der Waals surface area contributed by atoms with Crippen LogP contribution in [-0.4, -0.2) is 4.57 Å². The summed E-state index contributed by atoms with van der Waals surface area (Å²) in [6.45, 7) is 0. The Hall–Kier alpha value is -0.960. The van der Waals surface area contributed by atoms with Gasteiger partial charge in [0.25, 0.3) is 0 Å². The van der Waals surface area contributed by atoms with Crippen molar-refractivity contribution in [2.24, 2.45) is 7.05 Å². The van der Waals surface area contributed by atoms with Crippen molar-refractivity contribution in [3.8, 4) is 0 Å². The minimum Gasteiger partial charge on any atom is -0.350 e. The van der Waals surface area contributed by atoms with Gasteiger partial charge in [-0.2, -0.15) is 12.6 Å². The zero-order valence-electron chi connectivity index (χ0n) is 7.29. The van der Waals surface area contributed by atoms with Crippen molar-refractivity contribution < 1.29 is 4.39 Å². The molecule has 0 bridgehead atoms. The number of nitrogens with zero attached hydrogens (tertiary/aromatic N) is 1. The Balaban J connectivity index is 2.80. The maximum atomic E-state index is 12.9. The predicted molar refractivity (Wildman–Crippen MR) is 55.6 cm³/mol. The summed E-state index contributed by atoms with van der Waals surface area (Å²) in [5.41, 5.74) is 2.06. The van der Waals surface area contributed by atoms with E-state index in [9.17, 15) is 4.39 Å². The maximum Gasteiger partial charge on any atom is 0.125 e. The summed E-state index contributed by atoms with van der Waals surface area (Å²) >= 11 is 4.22. The summed E-state index contributed by atoms with van der Waals surface area (Å²) in [6.07, 6.45) is 1.98. The largest absolute Gasteiger partial charge is 0.350 e. The Bertz CT molecular complexity index is 447. The third kappa shape index (κ3) is 1.33. The van der Waals surface area contributed by atoms with Crippen molar-refractivity contribution in [3.63, 3.8) is 0 Å². The van der Waals surface area contributed by atoms with Gasteiger partial charge in [-0.3, -0.25) is 0 Å². The molecule has 0 fully saturated rings. The second-order valence-electron chi connectivity index (χ2n) is 3.08. The second-order valence-corrected chi connectivity index (χ2v) is 3.40. The maximum absolute atomic E-state index is 12.9. The van der Waals surface area contributed by atoms with E-state index >= 15 is 0 Å². The molecule has 1 heterocycles. The quantitative estimate of drug-likeness (QED) is 0.668. The monoisotopic (exact) mass is 195 g/mol. The van der Waals surface area contributed by atoms with Crippen molar-refractivity contribution in [2.75, 3.05) is 0 Å². The predicted octanol–water partition coefficient (Wildman–Crippen LogP) is 2.75. The van der Waals surface area contributed by atoms with Crippen LogP contribution < -0.4 is 0 Å². The highest BCUT2D eigenvalue weighted by Crippen LogP contribution is 2.22. The van der Waals surface area contributed by atoms with Crippen molar-refractivity contribution in [1.29, 1.82) is 0 Å². The van der Waals surface area contributed by atoms with E-state index in [1.807, 2.05) is 17.8 Å². The molecule has 2 rings (SSSR count). The first-order chi connectivity index (χ1) is 6.22. The average Bonchev–Trinajstić information content (AvgIpc) is 2.43. The number of thiol groups is 1. The molecule has 0 N–H and O–H groups in total. The molecule has 0 aliphatic carbocycles. The van der Waals surface area contributed by atoms with Gasteiger partial charge in [-0.15, -0.1) is 0 Å². The van der Waals surface area contributed by atoms with Crippen LogP contribution in [0.3, 0.4) is 0 Å². The van der Waals surface area contributed by atoms with Crippen LogP contribution in [0.25, 0.3) is 10.9 Å². The fourth-order valence-electron chi connectivity index (χ4n) is 1.57. The zero-order valence-corrected chi connectivity index (χ0v) is 8.18. The lowest BCUT2D eigenvalue weighted by molar-refractivity contribution is 0.629. The van der Waals surface area contributed by atoms with Crippen molar-refractivity contribution in [1.82, 2.24) is 4.57 Å². The van der Waals surface area contributed by atoms with E-state index in [0.29, 0.717) is 5.75 Å². The van der Waals surface area contributed by atoms with E-state index in [-0.39, 0.29) is 5.82 Å². The van der Waals surface area contributed by atoms with Crippen LogP contribution in [0.5, 0.6) is 0 Å². The van der Waals surface area contributed by atoms with Crippen LogP contribution in [-0.2, 0) is 12.8 Å². The first-order valence-corrected chi connectivity index (χ1v) is 4.70. The van der Waals surface area contributed by atoms with Crippen LogP contribution in [0.15, 0.2) is 24.4 Å². The summed E-state index contributed by atoms with van der Waals surface area (Å²) in [5, 5.41) is 1.08.